The second-order valence-corrected chi connectivity index (χ2v) is 5.85. The molecule has 4 heteroatoms. The van der Waals surface area contributed by atoms with Crippen molar-refractivity contribution >= 4 is 5.69 Å². The van der Waals surface area contributed by atoms with E-state index in [1.807, 2.05) is 0 Å². The van der Waals surface area contributed by atoms with Crippen LogP contribution in [0, 0.1) is 13.8 Å². The lowest BCUT2D eigenvalue weighted by atomic mass is 10.0. The molecule has 19 heavy (non-hydrogen) atoms. The first-order valence-corrected chi connectivity index (χ1v) is 7.46. The SMILES string of the molecule is CCC1CC(Nc2c(C)nn(C(C)C)c2C)CCO1. The highest BCUT2D eigenvalue weighted by Gasteiger charge is 2.23. The molecule has 1 aliphatic heterocycles. The summed E-state index contributed by atoms with van der Waals surface area (Å²) in [5.74, 6) is 0. The maximum absolute atomic E-state index is 5.74. The van der Waals surface area contributed by atoms with Gasteiger partial charge in [0.1, 0.15) is 0 Å². The second kappa shape index (κ2) is 5.95. The van der Waals surface area contributed by atoms with Crippen molar-refractivity contribution in [3.05, 3.63) is 11.4 Å². The number of ether oxygens (including phenoxy) is 1. The van der Waals surface area contributed by atoms with Crippen molar-refractivity contribution in [1.29, 1.82) is 0 Å². The standard InChI is InChI=1S/C15H27N3O/c1-6-14-9-13(7-8-19-14)16-15-11(4)17-18(10(2)3)12(15)5/h10,13-14,16H,6-9H2,1-5H3. The Hall–Kier alpha value is -1.03. The first kappa shape index (κ1) is 14.4. The fraction of sp³-hybridized carbons (Fsp3) is 0.800. The lowest BCUT2D eigenvalue weighted by Crippen LogP contribution is -2.34. The summed E-state index contributed by atoms with van der Waals surface area (Å²) >= 11 is 0. The van der Waals surface area contributed by atoms with E-state index in [0.717, 1.165) is 31.6 Å². The maximum Gasteiger partial charge on any atom is 0.0828 e. The highest BCUT2D eigenvalue weighted by atomic mass is 16.5. The monoisotopic (exact) mass is 265 g/mol. The average Bonchev–Trinajstić information content (AvgIpc) is 2.67. The minimum atomic E-state index is 0.409. The van der Waals surface area contributed by atoms with E-state index >= 15 is 0 Å². The Morgan fingerprint density at radius 1 is 1.42 bits per heavy atom. The van der Waals surface area contributed by atoms with Crippen LogP contribution in [0.3, 0.4) is 0 Å². The lowest BCUT2D eigenvalue weighted by Gasteiger charge is -2.30. The van der Waals surface area contributed by atoms with Crippen LogP contribution in [-0.2, 0) is 4.74 Å². The van der Waals surface area contributed by atoms with Crippen LogP contribution in [-0.4, -0.2) is 28.5 Å². The number of nitrogens with zero attached hydrogens (tertiary/aromatic N) is 2. The smallest absolute Gasteiger partial charge is 0.0828 e. The van der Waals surface area contributed by atoms with E-state index in [0.29, 0.717) is 18.2 Å². The number of aromatic nitrogens is 2. The lowest BCUT2D eigenvalue weighted by molar-refractivity contribution is 0.00924. The Bertz CT molecular complexity index is 425. The largest absolute Gasteiger partial charge is 0.379 e. The zero-order chi connectivity index (χ0) is 14.0. The molecule has 0 aromatic carbocycles. The van der Waals surface area contributed by atoms with Crippen LogP contribution in [0.2, 0.25) is 0 Å². The third-order valence-corrected chi connectivity index (χ3v) is 3.99. The van der Waals surface area contributed by atoms with E-state index in [1.165, 1.54) is 11.4 Å². The molecule has 2 atom stereocenters. The van der Waals surface area contributed by atoms with Crippen molar-refractivity contribution in [2.24, 2.45) is 0 Å². The molecule has 0 bridgehead atoms. The topological polar surface area (TPSA) is 39.1 Å². The summed E-state index contributed by atoms with van der Waals surface area (Å²) in [5, 5.41) is 8.33. The van der Waals surface area contributed by atoms with Gasteiger partial charge >= 0.3 is 0 Å². The van der Waals surface area contributed by atoms with Crippen LogP contribution in [0.25, 0.3) is 0 Å². The Balaban J connectivity index is 2.10. The van der Waals surface area contributed by atoms with Gasteiger partial charge in [0.2, 0.25) is 0 Å². The van der Waals surface area contributed by atoms with Crippen molar-refractivity contribution in [3.63, 3.8) is 0 Å². The molecule has 1 fully saturated rings. The van der Waals surface area contributed by atoms with Gasteiger partial charge in [0.15, 0.2) is 0 Å². The zero-order valence-electron chi connectivity index (χ0n) is 12.9. The van der Waals surface area contributed by atoms with E-state index in [9.17, 15) is 0 Å². The van der Waals surface area contributed by atoms with Crippen molar-refractivity contribution in [2.75, 3.05) is 11.9 Å². The van der Waals surface area contributed by atoms with Crippen molar-refractivity contribution in [3.8, 4) is 0 Å². The van der Waals surface area contributed by atoms with Crippen LogP contribution in [0.15, 0.2) is 0 Å². The summed E-state index contributed by atoms with van der Waals surface area (Å²) < 4.78 is 7.84. The van der Waals surface area contributed by atoms with Gasteiger partial charge in [-0.25, -0.2) is 0 Å². The summed E-state index contributed by atoms with van der Waals surface area (Å²) in [6, 6.07) is 0.924. The average molecular weight is 265 g/mol. The van der Waals surface area contributed by atoms with Crippen molar-refractivity contribution in [1.82, 2.24) is 9.78 Å². The molecule has 1 N–H and O–H groups in total. The quantitative estimate of drug-likeness (QED) is 0.906. The third kappa shape index (κ3) is 3.11. The third-order valence-electron chi connectivity index (χ3n) is 3.99. The number of hydrogen-bond acceptors (Lipinski definition) is 3. The molecule has 1 saturated heterocycles. The number of aryl methyl sites for hydroxylation is 1. The summed E-state index contributed by atoms with van der Waals surface area (Å²) in [4.78, 5) is 0. The predicted octanol–water partition coefficient (Wildman–Crippen LogP) is 3.45. The summed E-state index contributed by atoms with van der Waals surface area (Å²) in [7, 11) is 0. The van der Waals surface area contributed by atoms with Gasteiger partial charge in [0, 0.05) is 18.7 Å². The van der Waals surface area contributed by atoms with Crippen molar-refractivity contribution in [2.45, 2.75) is 72.1 Å². The Morgan fingerprint density at radius 2 is 2.16 bits per heavy atom. The van der Waals surface area contributed by atoms with Gasteiger partial charge in [0.25, 0.3) is 0 Å². The molecule has 1 aromatic rings. The minimum absolute atomic E-state index is 0.409. The van der Waals surface area contributed by atoms with Gasteiger partial charge in [-0.1, -0.05) is 6.92 Å². The molecular weight excluding hydrogens is 238 g/mol. The molecule has 0 spiro atoms. The Morgan fingerprint density at radius 3 is 2.74 bits per heavy atom. The number of nitrogens with one attached hydrogen (secondary N) is 1. The van der Waals surface area contributed by atoms with E-state index < -0.39 is 0 Å². The van der Waals surface area contributed by atoms with Gasteiger partial charge in [0.05, 0.1) is 23.2 Å². The Kier molecular flexibility index (Phi) is 4.50. The first-order valence-electron chi connectivity index (χ1n) is 7.46. The van der Waals surface area contributed by atoms with E-state index in [4.69, 9.17) is 4.74 Å². The number of rotatable bonds is 4. The highest BCUT2D eigenvalue weighted by Crippen LogP contribution is 2.26. The highest BCUT2D eigenvalue weighted by molar-refractivity contribution is 5.53. The van der Waals surface area contributed by atoms with Crippen LogP contribution >= 0.6 is 0 Å². The summed E-state index contributed by atoms with van der Waals surface area (Å²) in [6.45, 7) is 11.6. The molecule has 0 aliphatic carbocycles. The molecule has 0 amide bonds. The fourth-order valence-corrected chi connectivity index (χ4v) is 2.87. The number of hydrogen-bond donors (Lipinski definition) is 1. The summed E-state index contributed by atoms with van der Waals surface area (Å²) in [6.07, 6.45) is 3.69. The van der Waals surface area contributed by atoms with Crippen LogP contribution in [0.1, 0.15) is 57.5 Å². The van der Waals surface area contributed by atoms with Gasteiger partial charge < -0.3 is 10.1 Å². The molecule has 0 saturated carbocycles. The number of anilines is 1. The van der Waals surface area contributed by atoms with Gasteiger partial charge in [-0.3, -0.25) is 4.68 Å². The van der Waals surface area contributed by atoms with E-state index in [-0.39, 0.29) is 0 Å². The minimum Gasteiger partial charge on any atom is -0.379 e. The van der Waals surface area contributed by atoms with E-state index in [2.05, 4.69) is 49.7 Å². The van der Waals surface area contributed by atoms with Gasteiger partial charge in [-0.2, -0.15) is 5.10 Å². The molecule has 1 aromatic heterocycles. The normalized spacial score (nSPS) is 23.9. The van der Waals surface area contributed by atoms with Gasteiger partial charge in [-0.05, 0) is 47.0 Å². The molecule has 2 unspecified atom stereocenters. The maximum atomic E-state index is 5.74. The van der Waals surface area contributed by atoms with Gasteiger partial charge in [-0.15, -0.1) is 0 Å². The van der Waals surface area contributed by atoms with Crippen LogP contribution < -0.4 is 5.32 Å². The molecule has 108 valence electrons. The molecule has 2 rings (SSSR count). The van der Waals surface area contributed by atoms with Crippen molar-refractivity contribution < 1.29 is 4.74 Å². The fourth-order valence-electron chi connectivity index (χ4n) is 2.87. The van der Waals surface area contributed by atoms with E-state index in [1.54, 1.807) is 0 Å². The predicted molar refractivity (Wildman–Crippen MR) is 78.8 cm³/mol. The molecule has 1 aliphatic rings. The summed E-state index contributed by atoms with van der Waals surface area (Å²) in [5.41, 5.74) is 3.56. The zero-order valence-corrected chi connectivity index (χ0v) is 12.9. The molecular formula is C15H27N3O. The van der Waals surface area contributed by atoms with Crippen LogP contribution in [0.5, 0.6) is 0 Å². The van der Waals surface area contributed by atoms with Crippen LogP contribution in [0.4, 0.5) is 5.69 Å². The molecule has 4 nitrogen and oxygen atoms in total. The first-order chi connectivity index (χ1) is 9.02. The molecule has 2 heterocycles. The Labute approximate surface area is 116 Å². The molecule has 0 radical (unpaired) electrons. The second-order valence-electron chi connectivity index (χ2n) is 5.85.